The molecule has 2 aliphatic heterocycles. The summed E-state index contributed by atoms with van der Waals surface area (Å²) >= 11 is 0. The number of para-hydroxylation sites is 1. The van der Waals surface area contributed by atoms with Crippen LogP contribution in [0, 0.1) is 0 Å². The monoisotopic (exact) mass is 665 g/mol. The minimum absolute atomic E-state index is 0.00502. The lowest BCUT2D eigenvalue weighted by atomic mass is 10.1. The minimum atomic E-state index is -0.0805. The molecule has 2 aromatic carbocycles. The van der Waals surface area contributed by atoms with Crippen molar-refractivity contribution in [3.05, 3.63) is 73.4 Å². The molecule has 2 N–H and O–H groups in total. The molecule has 6 rings (SSSR count). The van der Waals surface area contributed by atoms with E-state index in [0.717, 1.165) is 76.2 Å². The number of esters is 1. The van der Waals surface area contributed by atoms with Crippen molar-refractivity contribution in [3.63, 3.8) is 0 Å². The second-order valence-corrected chi connectivity index (χ2v) is 12.6. The predicted octanol–water partition coefficient (Wildman–Crippen LogP) is 5.91. The lowest BCUT2D eigenvalue weighted by Gasteiger charge is -2.36. The summed E-state index contributed by atoms with van der Waals surface area (Å²) in [5.74, 6) is 1.01. The van der Waals surface area contributed by atoms with Crippen LogP contribution in [0.4, 0.5) is 29.0 Å². The van der Waals surface area contributed by atoms with Crippen molar-refractivity contribution in [2.45, 2.75) is 51.5 Å². The molecule has 1 amide bonds. The summed E-state index contributed by atoms with van der Waals surface area (Å²) in [4.78, 5) is 45.0. The summed E-state index contributed by atoms with van der Waals surface area (Å²) in [5.41, 5.74) is 4.42. The van der Waals surface area contributed by atoms with E-state index in [0.29, 0.717) is 49.2 Å². The van der Waals surface area contributed by atoms with Gasteiger partial charge in [-0.25, -0.2) is 9.97 Å². The first-order chi connectivity index (χ1) is 24.0. The van der Waals surface area contributed by atoms with Crippen LogP contribution in [-0.4, -0.2) is 93.6 Å². The van der Waals surface area contributed by atoms with Crippen molar-refractivity contribution >= 4 is 52.0 Å². The molecule has 1 atom stereocenters. The Morgan fingerprint density at radius 2 is 1.67 bits per heavy atom. The standard InChI is InChI=1S/C37H47N9O3/c1-3-33(47)45-21-19-31(27-45)46-35-32(41-37(46)40-28-12-8-7-9-13-28)26-38-36(42-35)39-29-15-17-30(18-16-29)44-24-22-43(23-25-44)20-11-6-5-10-14-34(48)49-4-2/h3,7-9,12-13,15-18,26,31H,1,4-6,10-11,14,19-25,27H2,2H3,(H,40,41)(H,38,39,42)/t31-/m0/s1. The van der Waals surface area contributed by atoms with Gasteiger partial charge in [0.25, 0.3) is 0 Å². The van der Waals surface area contributed by atoms with Gasteiger partial charge < -0.3 is 25.2 Å². The number of carbonyl (C=O) groups excluding carboxylic acids is 2. The van der Waals surface area contributed by atoms with Gasteiger partial charge in [0, 0.05) is 62.8 Å². The predicted molar refractivity (Wildman–Crippen MR) is 194 cm³/mol. The van der Waals surface area contributed by atoms with Gasteiger partial charge in [-0.2, -0.15) is 4.98 Å². The van der Waals surface area contributed by atoms with E-state index in [-0.39, 0.29) is 17.9 Å². The van der Waals surface area contributed by atoms with Crippen LogP contribution in [0.15, 0.2) is 73.4 Å². The van der Waals surface area contributed by atoms with Gasteiger partial charge in [-0.3, -0.25) is 19.1 Å². The first-order valence-electron chi connectivity index (χ1n) is 17.5. The number of fused-ring (bicyclic) bond motifs is 1. The number of likely N-dealkylation sites (tertiary alicyclic amines) is 1. The fourth-order valence-corrected chi connectivity index (χ4v) is 6.62. The highest BCUT2D eigenvalue weighted by Gasteiger charge is 2.30. The molecule has 2 saturated heterocycles. The smallest absolute Gasteiger partial charge is 0.305 e. The Labute approximate surface area is 288 Å². The number of aromatic nitrogens is 4. The second-order valence-electron chi connectivity index (χ2n) is 12.6. The highest BCUT2D eigenvalue weighted by Crippen LogP contribution is 2.32. The second kappa shape index (κ2) is 16.4. The number of imidazole rings is 1. The molecule has 2 aliphatic rings. The number of benzene rings is 2. The lowest BCUT2D eigenvalue weighted by molar-refractivity contribution is -0.143. The molecule has 12 nitrogen and oxygen atoms in total. The van der Waals surface area contributed by atoms with E-state index in [9.17, 15) is 9.59 Å². The van der Waals surface area contributed by atoms with Gasteiger partial charge in [-0.05, 0) is 75.2 Å². The molecule has 12 heteroatoms. The van der Waals surface area contributed by atoms with Crippen LogP contribution < -0.4 is 15.5 Å². The van der Waals surface area contributed by atoms with Crippen molar-refractivity contribution < 1.29 is 14.3 Å². The van der Waals surface area contributed by atoms with Gasteiger partial charge in [-0.15, -0.1) is 0 Å². The summed E-state index contributed by atoms with van der Waals surface area (Å²) in [7, 11) is 0. The first-order valence-corrected chi connectivity index (χ1v) is 17.5. The van der Waals surface area contributed by atoms with Gasteiger partial charge >= 0.3 is 5.97 Å². The van der Waals surface area contributed by atoms with Crippen LogP contribution >= 0.6 is 0 Å². The zero-order valence-corrected chi connectivity index (χ0v) is 28.4. The third-order valence-electron chi connectivity index (χ3n) is 9.25. The van der Waals surface area contributed by atoms with Gasteiger partial charge in [-0.1, -0.05) is 37.6 Å². The molecule has 258 valence electrons. The molecule has 4 heterocycles. The number of unbranched alkanes of at least 4 members (excludes halogenated alkanes) is 3. The van der Waals surface area contributed by atoms with E-state index in [2.05, 4.69) is 60.8 Å². The van der Waals surface area contributed by atoms with Crippen LogP contribution in [0.25, 0.3) is 11.2 Å². The van der Waals surface area contributed by atoms with Crippen molar-refractivity contribution in [1.29, 1.82) is 0 Å². The first kappa shape index (κ1) is 33.9. The minimum Gasteiger partial charge on any atom is -0.466 e. The third kappa shape index (κ3) is 8.74. The Bertz CT molecular complexity index is 1700. The Morgan fingerprint density at radius 3 is 2.43 bits per heavy atom. The fraction of sp³-hybridized carbons (Fsp3) is 0.432. The number of piperazine rings is 1. The molecule has 4 aromatic rings. The summed E-state index contributed by atoms with van der Waals surface area (Å²) in [5, 5.41) is 6.83. The maximum absolute atomic E-state index is 12.4. The SMILES string of the molecule is C=CC(=O)N1CC[C@H](n2c(Nc3ccccc3)nc3cnc(Nc4ccc(N5CCN(CCCCCCC(=O)OCC)CC5)cc4)nc32)C1. The number of carbonyl (C=O) groups is 2. The average molecular weight is 666 g/mol. The van der Waals surface area contributed by atoms with Crippen LogP contribution in [0.3, 0.4) is 0 Å². The molecule has 2 aromatic heterocycles. The molecular formula is C37H47N9O3. The van der Waals surface area contributed by atoms with Crippen molar-refractivity contribution in [3.8, 4) is 0 Å². The number of ether oxygens (including phenoxy) is 1. The molecule has 0 aliphatic carbocycles. The van der Waals surface area contributed by atoms with E-state index in [1.54, 1.807) is 6.20 Å². The number of anilines is 5. The molecule has 0 radical (unpaired) electrons. The maximum atomic E-state index is 12.4. The van der Waals surface area contributed by atoms with Gasteiger partial charge in [0.05, 0.1) is 18.8 Å². The van der Waals surface area contributed by atoms with Crippen LogP contribution in [0.1, 0.15) is 51.5 Å². The summed E-state index contributed by atoms with van der Waals surface area (Å²) < 4.78 is 7.11. The number of hydrogen-bond donors (Lipinski definition) is 2. The van der Waals surface area contributed by atoms with E-state index < -0.39 is 0 Å². The Kier molecular flexibility index (Phi) is 11.4. The Hall–Kier alpha value is -4.97. The van der Waals surface area contributed by atoms with Crippen molar-refractivity contribution in [2.24, 2.45) is 0 Å². The topological polar surface area (TPSA) is 121 Å². The van der Waals surface area contributed by atoms with Crippen molar-refractivity contribution in [1.82, 2.24) is 29.3 Å². The van der Waals surface area contributed by atoms with Gasteiger partial charge in [0.2, 0.25) is 17.8 Å². The molecule has 0 saturated carbocycles. The summed E-state index contributed by atoms with van der Waals surface area (Å²) in [6.07, 6.45) is 8.73. The van der Waals surface area contributed by atoms with Gasteiger partial charge in [0.1, 0.15) is 5.52 Å². The largest absolute Gasteiger partial charge is 0.466 e. The lowest BCUT2D eigenvalue weighted by Crippen LogP contribution is -2.46. The van der Waals surface area contributed by atoms with E-state index in [1.165, 1.54) is 11.8 Å². The highest BCUT2D eigenvalue weighted by molar-refractivity contribution is 5.87. The molecule has 0 bridgehead atoms. The highest BCUT2D eigenvalue weighted by atomic mass is 16.5. The normalized spacial score (nSPS) is 16.6. The summed E-state index contributed by atoms with van der Waals surface area (Å²) in [6, 6.07) is 18.4. The van der Waals surface area contributed by atoms with Crippen molar-refractivity contribution in [2.75, 3.05) is 68.0 Å². The molecule has 0 unspecified atom stereocenters. The van der Waals surface area contributed by atoms with Crippen LogP contribution in [0.5, 0.6) is 0 Å². The maximum Gasteiger partial charge on any atom is 0.305 e. The molecule has 2 fully saturated rings. The average Bonchev–Trinajstić information content (AvgIpc) is 3.75. The molecular weight excluding hydrogens is 618 g/mol. The van der Waals surface area contributed by atoms with E-state index in [1.807, 2.05) is 42.2 Å². The number of rotatable bonds is 15. The number of amides is 1. The number of nitrogens with zero attached hydrogens (tertiary/aromatic N) is 7. The zero-order valence-electron chi connectivity index (χ0n) is 28.4. The van der Waals surface area contributed by atoms with E-state index >= 15 is 0 Å². The molecule has 49 heavy (non-hydrogen) atoms. The summed E-state index contributed by atoms with van der Waals surface area (Å²) in [6.45, 7) is 12.4. The number of hydrogen-bond acceptors (Lipinski definition) is 10. The van der Waals surface area contributed by atoms with Crippen LogP contribution in [0.2, 0.25) is 0 Å². The number of nitrogens with one attached hydrogen (secondary N) is 2. The fourth-order valence-electron chi connectivity index (χ4n) is 6.62. The Balaban J connectivity index is 1.06. The van der Waals surface area contributed by atoms with Gasteiger partial charge in [0.15, 0.2) is 5.65 Å². The quantitative estimate of drug-likeness (QED) is 0.0901. The van der Waals surface area contributed by atoms with Crippen LogP contribution in [-0.2, 0) is 14.3 Å². The third-order valence-corrected chi connectivity index (χ3v) is 9.25. The zero-order chi connectivity index (χ0) is 34.0. The van der Waals surface area contributed by atoms with E-state index in [4.69, 9.17) is 14.7 Å². The Morgan fingerprint density at radius 1 is 0.918 bits per heavy atom. The molecule has 0 spiro atoms.